The Hall–Kier alpha value is -4.33. The van der Waals surface area contributed by atoms with E-state index < -0.39 is 23.3 Å². The molecule has 1 aliphatic heterocycles. The first-order valence-electron chi connectivity index (χ1n) is 17.8. The lowest BCUT2D eigenvalue weighted by Gasteiger charge is -2.50. The molecule has 2 fully saturated rings. The number of benzene rings is 1. The summed E-state index contributed by atoms with van der Waals surface area (Å²) in [5.41, 5.74) is 1.68. The van der Waals surface area contributed by atoms with Gasteiger partial charge in [-0.25, -0.2) is 14.6 Å². The number of nitrogens with zero attached hydrogens (tertiary/aromatic N) is 4. The smallest absolute Gasteiger partial charge is 0.331 e. The molecule has 0 spiro atoms. The number of carboxylic acid groups (broad SMARTS) is 1. The largest absolute Gasteiger partial charge is 0.481 e. The van der Waals surface area contributed by atoms with Crippen LogP contribution in [0.1, 0.15) is 105 Å². The zero-order valence-corrected chi connectivity index (χ0v) is 31.3. The molecule has 2 aliphatic rings. The molecule has 11 nitrogen and oxygen atoms in total. The van der Waals surface area contributed by atoms with Crippen molar-refractivity contribution in [2.24, 2.45) is 39.9 Å². The van der Waals surface area contributed by atoms with E-state index in [-0.39, 0.29) is 45.9 Å². The molecule has 1 saturated heterocycles. The molecule has 3 N–H and O–H groups in total. The third kappa shape index (κ3) is 7.54. The minimum atomic E-state index is -0.827. The van der Waals surface area contributed by atoms with Crippen LogP contribution in [0.4, 0.5) is 17.1 Å². The summed E-state index contributed by atoms with van der Waals surface area (Å²) in [5.74, 6) is -0.809. The van der Waals surface area contributed by atoms with E-state index in [0.29, 0.717) is 48.2 Å². The first-order chi connectivity index (χ1) is 23.2. The van der Waals surface area contributed by atoms with Crippen molar-refractivity contribution in [1.29, 1.82) is 0 Å². The summed E-state index contributed by atoms with van der Waals surface area (Å²) < 4.78 is 8.06. The van der Waals surface area contributed by atoms with Gasteiger partial charge in [0.2, 0.25) is 11.6 Å². The standard InChI is InChI=1S/C39H54N6O5/c1-22-17-25(37(2,3)4)31(26(18-22)38(5,6)7)50-35(48)30-28(40-11)21-45-33(30)42-32(43-45)23-14-15-29(27(19-23)41-36(49)39(8,9)10)44-16-12-13-24(20-44)34(46)47/h14-15,19,21-22,24-26,31H,12-13,16-18,20H2,1-10H3,(H,41,49)(H,42,43)(H,46,47). The Kier molecular flexibility index (Phi) is 9.92. The zero-order valence-electron chi connectivity index (χ0n) is 31.3. The van der Waals surface area contributed by atoms with Gasteiger partial charge in [-0.1, -0.05) is 69.2 Å². The van der Waals surface area contributed by atoms with Crippen LogP contribution in [0.2, 0.25) is 0 Å². The van der Waals surface area contributed by atoms with E-state index in [9.17, 15) is 19.5 Å². The minimum absolute atomic E-state index is 0.0869. The van der Waals surface area contributed by atoms with Crippen LogP contribution in [0.5, 0.6) is 0 Å². The number of amides is 1. The number of nitrogens with one attached hydrogen (secondary N) is 2. The van der Waals surface area contributed by atoms with Gasteiger partial charge in [0.1, 0.15) is 11.7 Å². The number of aromatic amines is 1. The summed E-state index contributed by atoms with van der Waals surface area (Å²) in [6, 6.07) is 5.56. The average molecular weight is 687 g/mol. The molecule has 5 rings (SSSR count). The van der Waals surface area contributed by atoms with E-state index in [4.69, 9.17) is 16.3 Å². The van der Waals surface area contributed by atoms with Crippen LogP contribution >= 0.6 is 0 Å². The van der Waals surface area contributed by atoms with Crippen molar-refractivity contribution in [3.63, 3.8) is 0 Å². The van der Waals surface area contributed by atoms with Crippen molar-refractivity contribution < 1.29 is 24.2 Å². The Balaban J connectivity index is 1.53. The number of carboxylic acids is 1. The maximum Gasteiger partial charge on any atom is 0.331 e. The van der Waals surface area contributed by atoms with Gasteiger partial charge in [0.05, 0.1) is 23.9 Å². The van der Waals surface area contributed by atoms with E-state index >= 15 is 0 Å². The summed E-state index contributed by atoms with van der Waals surface area (Å²) in [7, 11) is 0. The van der Waals surface area contributed by atoms with Crippen LogP contribution in [0, 0.1) is 46.5 Å². The van der Waals surface area contributed by atoms with Crippen LogP contribution in [0.15, 0.2) is 24.4 Å². The number of aromatic nitrogens is 3. The second kappa shape index (κ2) is 13.4. The summed E-state index contributed by atoms with van der Waals surface area (Å²) in [6.07, 6.45) is 4.50. The van der Waals surface area contributed by atoms with Gasteiger partial charge in [0, 0.05) is 42.1 Å². The first-order valence-corrected chi connectivity index (χ1v) is 17.8. The molecular weight excluding hydrogens is 632 g/mol. The number of carbonyl (C=O) groups is 3. The highest BCUT2D eigenvalue weighted by Gasteiger charge is 2.48. The summed E-state index contributed by atoms with van der Waals surface area (Å²) in [5, 5.41) is 16.0. The van der Waals surface area contributed by atoms with Crippen LogP contribution < -0.4 is 10.2 Å². The van der Waals surface area contributed by atoms with Gasteiger partial charge in [0.25, 0.3) is 0 Å². The van der Waals surface area contributed by atoms with Crippen LogP contribution in [-0.2, 0) is 14.3 Å². The van der Waals surface area contributed by atoms with Crippen molar-refractivity contribution in [3.8, 4) is 11.4 Å². The lowest BCUT2D eigenvalue weighted by atomic mass is 9.59. The number of fused-ring (bicyclic) bond motifs is 1. The lowest BCUT2D eigenvalue weighted by Crippen LogP contribution is -2.49. The molecule has 50 heavy (non-hydrogen) atoms. The predicted molar refractivity (Wildman–Crippen MR) is 195 cm³/mol. The molecule has 3 aromatic rings. The SMILES string of the molecule is [C-]#[N+]c1cn2[nH]c(-c3ccc(N4CCCC(C(=O)O)C4)c(NC(=O)C(C)(C)C)c3)nc2c1C(=O)OC1C(C(C)(C)C)CC(C)CC1C(C)(C)C. The van der Waals surface area contributed by atoms with Crippen molar-refractivity contribution in [1.82, 2.24) is 14.6 Å². The molecule has 1 aliphatic carbocycles. The molecule has 3 atom stereocenters. The number of aliphatic carboxylic acids is 1. The van der Waals surface area contributed by atoms with E-state index in [0.717, 1.165) is 24.9 Å². The average Bonchev–Trinajstić information content (AvgIpc) is 3.58. The van der Waals surface area contributed by atoms with E-state index in [1.807, 2.05) is 43.9 Å². The first kappa shape index (κ1) is 36.9. The number of ether oxygens (including phenoxy) is 1. The Bertz CT molecular complexity index is 1790. The molecule has 270 valence electrons. The summed E-state index contributed by atoms with van der Waals surface area (Å²) in [4.78, 5) is 49.7. The highest BCUT2D eigenvalue weighted by atomic mass is 16.5. The number of anilines is 2. The molecule has 2 aromatic heterocycles. The molecule has 1 aromatic carbocycles. The number of carbonyl (C=O) groups excluding carboxylic acids is 2. The van der Waals surface area contributed by atoms with Gasteiger partial charge in [0.15, 0.2) is 11.5 Å². The van der Waals surface area contributed by atoms with Crippen molar-refractivity contribution in [2.75, 3.05) is 23.3 Å². The number of rotatable bonds is 6. The van der Waals surface area contributed by atoms with Gasteiger partial charge in [-0.15, -0.1) is 0 Å². The number of hydrogen-bond donors (Lipinski definition) is 3. The summed E-state index contributed by atoms with van der Waals surface area (Å²) >= 11 is 0. The molecule has 0 radical (unpaired) electrons. The zero-order chi connectivity index (χ0) is 36.9. The lowest BCUT2D eigenvalue weighted by molar-refractivity contribution is -0.142. The number of esters is 1. The fourth-order valence-electron chi connectivity index (χ4n) is 7.65. The van der Waals surface area contributed by atoms with Gasteiger partial charge >= 0.3 is 11.9 Å². The Morgan fingerprint density at radius 1 is 1.04 bits per heavy atom. The molecule has 1 amide bonds. The second-order valence-electron chi connectivity index (χ2n) is 17.7. The van der Waals surface area contributed by atoms with Crippen LogP contribution in [-0.4, -0.2) is 56.7 Å². The quantitative estimate of drug-likeness (QED) is 0.175. The number of H-pyrrole nitrogens is 1. The Morgan fingerprint density at radius 3 is 2.24 bits per heavy atom. The number of piperidine rings is 1. The van der Waals surface area contributed by atoms with Gasteiger partial charge in [-0.3, -0.25) is 19.2 Å². The molecule has 3 heterocycles. The van der Waals surface area contributed by atoms with Gasteiger partial charge in [-0.05, 0) is 60.6 Å². The Labute approximate surface area is 296 Å². The Morgan fingerprint density at radius 2 is 1.68 bits per heavy atom. The third-order valence-corrected chi connectivity index (χ3v) is 10.6. The monoisotopic (exact) mass is 686 g/mol. The molecular formula is C39H54N6O5. The molecule has 1 saturated carbocycles. The van der Waals surface area contributed by atoms with Gasteiger partial charge < -0.3 is 20.1 Å². The van der Waals surface area contributed by atoms with Crippen molar-refractivity contribution >= 4 is 40.6 Å². The van der Waals surface area contributed by atoms with E-state index in [1.165, 1.54) is 0 Å². The fourth-order valence-corrected chi connectivity index (χ4v) is 7.65. The maximum atomic E-state index is 14.2. The van der Waals surface area contributed by atoms with Crippen molar-refractivity contribution in [3.05, 3.63) is 41.4 Å². The van der Waals surface area contributed by atoms with E-state index in [2.05, 4.69) is 63.7 Å². The normalized spacial score (nSPS) is 23.4. The highest BCUT2D eigenvalue weighted by molar-refractivity contribution is 6.03. The molecule has 11 heteroatoms. The minimum Gasteiger partial charge on any atom is -0.481 e. The van der Waals surface area contributed by atoms with E-state index in [1.54, 1.807) is 10.7 Å². The maximum absolute atomic E-state index is 14.2. The van der Waals surface area contributed by atoms with Crippen molar-refractivity contribution in [2.45, 2.75) is 101 Å². The van der Waals surface area contributed by atoms with Crippen LogP contribution in [0.3, 0.4) is 0 Å². The third-order valence-electron chi connectivity index (χ3n) is 10.6. The summed E-state index contributed by atoms with van der Waals surface area (Å²) in [6.45, 7) is 29.9. The predicted octanol–water partition coefficient (Wildman–Crippen LogP) is 8.45. The molecule has 3 unspecified atom stereocenters. The molecule has 0 bridgehead atoms. The second-order valence-corrected chi connectivity index (χ2v) is 17.7. The number of hydrogen-bond acceptors (Lipinski definition) is 6. The highest BCUT2D eigenvalue weighted by Crippen LogP contribution is 2.50. The fraction of sp³-hybridized carbons (Fsp3) is 0.615. The van der Waals surface area contributed by atoms with Crippen LogP contribution in [0.25, 0.3) is 21.9 Å². The van der Waals surface area contributed by atoms with Gasteiger partial charge in [-0.2, -0.15) is 0 Å². The topological polar surface area (TPSA) is 133 Å².